The summed E-state index contributed by atoms with van der Waals surface area (Å²) >= 11 is 0. The molecule has 0 aliphatic carbocycles. The molecule has 0 saturated heterocycles. The van der Waals surface area contributed by atoms with Crippen molar-refractivity contribution < 1.29 is 9.53 Å². The Morgan fingerprint density at radius 1 is 1.20 bits per heavy atom. The van der Waals surface area contributed by atoms with Gasteiger partial charge in [0.2, 0.25) is 0 Å². The highest BCUT2D eigenvalue weighted by atomic mass is 16.5. The molecule has 0 aliphatic heterocycles. The molecule has 0 radical (unpaired) electrons. The van der Waals surface area contributed by atoms with E-state index in [9.17, 15) is 4.79 Å². The minimum atomic E-state index is -0.310. The van der Waals surface area contributed by atoms with E-state index in [0.717, 1.165) is 16.7 Å². The smallest absolute Gasteiger partial charge is 0.338 e. The summed E-state index contributed by atoms with van der Waals surface area (Å²) in [6, 6.07) is 15.3. The lowest BCUT2D eigenvalue weighted by molar-refractivity contribution is 0.0526. The molecule has 20 heavy (non-hydrogen) atoms. The van der Waals surface area contributed by atoms with Crippen molar-refractivity contribution in [1.82, 2.24) is 9.55 Å². The predicted molar refractivity (Wildman–Crippen MR) is 77.0 cm³/mol. The first-order valence-electron chi connectivity index (χ1n) is 6.49. The SMILES string of the molecule is CCOC(=O)c1ccc2ncn(-c3ccccc3)c2c1. The largest absolute Gasteiger partial charge is 0.462 e. The van der Waals surface area contributed by atoms with Crippen LogP contribution in [0.15, 0.2) is 54.9 Å². The molecule has 3 aromatic rings. The fraction of sp³-hybridized carbons (Fsp3) is 0.125. The number of ether oxygens (including phenoxy) is 1. The van der Waals surface area contributed by atoms with Crippen molar-refractivity contribution in [2.45, 2.75) is 6.92 Å². The average Bonchev–Trinajstić information content (AvgIpc) is 2.91. The van der Waals surface area contributed by atoms with Crippen molar-refractivity contribution in [2.24, 2.45) is 0 Å². The van der Waals surface area contributed by atoms with Crippen molar-refractivity contribution in [3.63, 3.8) is 0 Å². The van der Waals surface area contributed by atoms with Gasteiger partial charge in [-0.25, -0.2) is 9.78 Å². The molecule has 4 nitrogen and oxygen atoms in total. The standard InChI is InChI=1S/C16H14N2O2/c1-2-20-16(19)12-8-9-14-15(10-12)18(11-17-14)13-6-4-3-5-7-13/h3-11H,2H2,1H3. The number of aromatic nitrogens is 2. The highest BCUT2D eigenvalue weighted by Gasteiger charge is 2.10. The highest BCUT2D eigenvalue weighted by molar-refractivity contribution is 5.94. The van der Waals surface area contributed by atoms with Crippen LogP contribution in [-0.2, 0) is 4.74 Å². The van der Waals surface area contributed by atoms with Crippen LogP contribution in [-0.4, -0.2) is 22.1 Å². The topological polar surface area (TPSA) is 44.1 Å². The van der Waals surface area contributed by atoms with E-state index in [-0.39, 0.29) is 5.97 Å². The van der Waals surface area contributed by atoms with Crippen LogP contribution in [0.2, 0.25) is 0 Å². The fourth-order valence-corrected chi connectivity index (χ4v) is 2.14. The zero-order chi connectivity index (χ0) is 13.9. The Kier molecular flexibility index (Phi) is 3.21. The van der Waals surface area contributed by atoms with Gasteiger partial charge in [-0.05, 0) is 37.3 Å². The Hall–Kier alpha value is -2.62. The zero-order valence-electron chi connectivity index (χ0n) is 11.1. The third-order valence-corrected chi connectivity index (χ3v) is 3.09. The maximum Gasteiger partial charge on any atom is 0.338 e. The van der Waals surface area contributed by atoms with E-state index in [0.29, 0.717) is 12.2 Å². The molecule has 0 bridgehead atoms. The lowest BCUT2D eigenvalue weighted by Gasteiger charge is -2.05. The second-order valence-corrected chi connectivity index (χ2v) is 4.37. The van der Waals surface area contributed by atoms with Crippen LogP contribution in [0.1, 0.15) is 17.3 Å². The van der Waals surface area contributed by atoms with Crippen molar-refractivity contribution in [1.29, 1.82) is 0 Å². The van der Waals surface area contributed by atoms with E-state index in [4.69, 9.17) is 4.74 Å². The first-order valence-corrected chi connectivity index (χ1v) is 6.49. The minimum Gasteiger partial charge on any atom is -0.462 e. The normalized spacial score (nSPS) is 10.7. The number of hydrogen-bond donors (Lipinski definition) is 0. The second-order valence-electron chi connectivity index (χ2n) is 4.37. The number of nitrogens with zero attached hydrogens (tertiary/aromatic N) is 2. The number of benzene rings is 2. The molecular formula is C16H14N2O2. The van der Waals surface area contributed by atoms with Crippen molar-refractivity contribution in [3.8, 4) is 5.69 Å². The molecule has 1 aromatic heterocycles. The van der Waals surface area contributed by atoms with Gasteiger partial charge in [-0.2, -0.15) is 0 Å². The third-order valence-electron chi connectivity index (χ3n) is 3.09. The van der Waals surface area contributed by atoms with E-state index in [1.165, 1.54) is 0 Å². The summed E-state index contributed by atoms with van der Waals surface area (Å²) in [5, 5.41) is 0. The van der Waals surface area contributed by atoms with Gasteiger partial charge in [0, 0.05) is 5.69 Å². The van der Waals surface area contributed by atoms with Crippen LogP contribution in [0.25, 0.3) is 16.7 Å². The van der Waals surface area contributed by atoms with E-state index in [1.54, 1.807) is 19.3 Å². The Balaban J connectivity index is 2.11. The Morgan fingerprint density at radius 3 is 2.75 bits per heavy atom. The van der Waals surface area contributed by atoms with Gasteiger partial charge in [0.25, 0.3) is 0 Å². The maximum atomic E-state index is 11.8. The quantitative estimate of drug-likeness (QED) is 0.684. The molecule has 3 rings (SSSR count). The Labute approximate surface area is 116 Å². The van der Waals surface area contributed by atoms with Crippen LogP contribution in [0.4, 0.5) is 0 Å². The number of imidazole rings is 1. The number of para-hydroxylation sites is 1. The maximum absolute atomic E-state index is 11.8. The summed E-state index contributed by atoms with van der Waals surface area (Å²) in [5.74, 6) is -0.310. The number of fused-ring (bicyclic) bond motifs is 1. The molecule has 0 saturated carbocycles. The molecule has 0 aliphatic rings. The molecule has 100 valence electrons. The van der Waals surface area contributed by atoms with Crippen molar-refractivity contribution in [3.05, 3.63) is 60.4 Å². The summed E-state index contributed by atoms with van der Waals surface area (Å²) in [6.07, 6.45) is 1.76. The van der Waals surface area contributed by atoms with Crippen LogP contribution in [0.3, 0.4) is 0 Å². The summed E-state index contributed by atoms with van der Waals surface area (Å²) in [6.45, 7) is 2.17. The van der Waals surface area contributed by atoms with Crippen molar-refractivity contribution >= 4 is 17.0 Å². The zero-order valence-corrected chi connectivity index (χ0v) is 11.1. The predicted octanol–water partition coefficient (Wildman–Crippen LogP) is 3.20. The van der Waals surface area contributed by atoms with Crippen LogP contribution < -0.4 is 0 Å². The van der Waals surface area contributed by atoms with Crippen LogP contribution in [0, 0.1) is 0 Å². The molecule has 0 amide bonds. The average molecular weight is 266 g/mol. The van der Waals surface area contributed by atoms with Gasteiger partial charge in [0.15, 0.2) is 0 Å². The van der Waals surface area contributed by atoms with Gasteiger partial charge < -0.3 is 4.74 Å². The van der Waals surface area contributed by atoms with Gasteiger partial charge in [0.1, 0.15) is 6.33 Å². The fourth-order valence-electron chi connectivity index (χ4n) is 2.14. The lowest BCUT2D eigenvalue weighted by Crippen LogP contribution is -2.04. The number of esters is 1. The molecule has 0 unspecified atom stereocenters. The molecule has 0 spiro atoms. The summed E-state index contributed by atoms with van der Waals surface area (Å²) < 4.78 is 6.99. The summed E-state index contributed by atoms with van der Waals surface area (Å²) in [7, 11) is 0. The van der Waals surface area contributed by atoms with Gasteiger partial charge in [0.05, 0.1) is 23.2 Å². The Morgan fingerprint density at radius 2 is 2.00 bits per heavy atom. The molecule has 0 atom stereocenters. The van der Waals surface area contributed by atoms with Gasteiger partial charge in [-0.15, -0.1) is 0 Å². The molecule has 0 N–H and O–H groups in total. The van der Waals surface area contributed by atoms with E-state index >= 15 is 0 Å². The van der Waals surface area contributed by atoms with Gasteiger partial charge in [-0.1, -0.05) is 18.2 Å². The van der Waals surface area contributed by atoms with Crippen molar-refractivity contribution in [2.75, 3.05) is 6.61 Å². The molecule has 1 heterocycles. The Bertz CT molecular complexity index is 748. The highest BCUT2D eigenvalue weighted by Crippen LogP contribution is 2.19. The number of carbonyl (C=O) groups excluding carboxylic acids is 1. The first-order chi connectivity index (χ1) is 9.79. The molecule has 0 fully saturated rings. The first kappa shape index (κ1) is 12.4. The number of hydrogen-bond acceptors (Lipinski definition) is 3. The summed E-state index contributed by atoms with van der Waals surface area (Å²) in [5.41, 5.74) is 3.29. The van der Waals surface area contributed by atoms with E-state index in [1.807, 2.05) is 47.0 Å². The van der Waals surface area contributed by atoms with Crippen LogP contribution >= 0.6 is 0 Å². The monoisotopic (exact) mass is 266 g/mol. The lowest BCUT2D eigenvalue weighted by atomic mass is 10.2. The van der Waals surface area contributed by atoms with Crippen LogP contribution in [0.5, 0.6) is 0 Å². The van der Waals surface area contributed by atoms with E-state index in [2.05, 4.69) is 4.98 Å². The molecule has 4 heteroatoms. The summed E-state index contributed by atoms with van der Waals surface area (Å²) in [4.78, 5) is 16.2. The molecule has 2 aromatic carbocycles. The second kappa shape index (κ2) is 5.17. The van der Waals surface area contributed by atoms with E-state index < -0.39 is 0 Å². The molecular weight excluding hydrogens is 252 g/mol. The van der Waals surface area contributed by atoms with Gasteiger partial charge >= 0.3 is 5.97 Å². The third kappa shape index (κ3) is 2.16. The minimum absolute atomic E-state index is 0.310. The number of carbonyl (C=O) groups is 1. The van der Waals surface area contributed by atoms with Gasteiger partial charge in [-0.3, -0.25) is 4.57 Å². The number of rotatable bonds is 3.